The minimum atomic E-state index is -0.428. The van der Waals surface area contributed by atoms with Crippen molar-refractivity contribution >= 4 is 52.5 Å². The highest BCUT2D eigenvalue weighted by molar-refractivity contribution is 7.80. The summed E-state index contributed by atoms with van der Waals surface area (Å²) in [6.45, 7) is 1.66. The maximum atomic E-state index is 12.8. The molecule has 3 aliphatic rings. The van der Waals surface area contributed by atoms with Crippen LogP contribution in [0.25, 0.3) is 6.08 Å². The van der Waals surface area contributed by atoms with Gasteiger partial charge in [0.05, 0.1) is 0 Å². The molecule has 0 atom stereocenters. The van der Waals surface area contributed by atoms with Crippen molar-refractivity contribution in [3.8, 4) is 0 Å². The highest BCUT2D eigenvalue weighted by Gasteiger charge is 2.42. The summed E-state index contributed by atoms with van der Waals surface area (Å²) in [5.41, 5.74) is 4.45. The van der Waals surface area contributed by atoms with Crippen molar-refractivity contribution in [3.63, 3.8) is 0 Å². The average molecular weight is 438 g/mol. The first kappa shape index (κ1) is 19.3. The van der Waals surface area contributed by atoms with Crippen LogP contribution >= 0.6 is 23.8 Å². The van der Waals surface area contributed by atoms with E-state index in [0.717, 1.165) is 54.2 Å². The quantitative estimate of drug-likeness (QED) is 0.450. The molecule has 1 saturated carbocycles. The standard InChI is InChI=1S/C23H20ClN3O2S/c24-19-4-2-1-3-16(19)13-26-10-9-15-11-14(5-8-20(15)26)12-18-21(28)25-23(30)27(22(18)29)17-6-7-17/h1-5,8,11-12,17H,6-7,9-10,13H2,(H,25,28,30)/b18-12+. The number of nitrogens with one attached hydrogen (secondary N) is 1. The van der Waals surface area contributed by atoms with E-state index in [9.17, 15) is 9.59 Å². The lowest BCUT2D eigenvalue weighted by molar-refractivity contribution is -0.129. The Morgan fingerprint density at radius 2 is 1.97 bits per heavy atom. The molecule has 2 fully saturated rings. The highest BCUT2D eigenvalue weighted by Crippen LogP contribution is 2.33. The number of carbonyl (C=O) groups is 2. The second-order valence-electron chi connectivity index (χ2n) is 7.87. The van der Waals surface area contributed by atoms with Gasteiger partial charge in [-0.05, 0) is 72.4 Å². The maximum Gasteiger partial charge on any atom is 0.265 e. The zero-order chi connectivity index (χ0) is 20.8. The second kappa shape index (κ2) is 7.52. The Bertz CT molecular complexity index is 1110. The van der Waals surface area contributed by atoms with Gasteiger partial charge in [0.15, 0.2) is 5.11 Å². The number of anilines is 1. The van der Waals surface area contributed by atoms with Gasteiger partial charge in [0, 0.05) is 29.8 Å². The van der Waals surface area contributed by atoms with Crippen LogP contribution in [0.4, 0.5) is 5.69 Å². The van der Waals surface area contributed by atoms with Gasteiger partial charge < -0.3 is 4.90 Å². The van der Waals surface area contributed by atoms with Crippen LogP contribution in [0.5, 0.6) is 0 Å². The predicted molar refractivity (Wildman–Crippen MR) is 121 cm³/mol. The monoisotopic (exact) mass is 437 g/mol. The summed E-state index contributed by atoms with van der Waals surface area (Å²) in [5, 5.41) is 3.64. The van der Waals surface area contributed by atoms with Crippen LogP contribution in [0.1, 0.15) is 29.5 Å². The lowest BCUT2D eigenvalue weighted by Gasteiger charge is -2.28. The first-order chi connectivity index (χ1) is 14.5. The molecule has 2 aliphatic heterocycles. The Balaban J connectivity index is 1.40. The number of hydrogen-bond acceptors (Lipinski definition) is 4. The minimum Gasteiger partial charge on any atom is -0.367 e. The van der Waals surface area contributed by atoms with Crippen LogP contribution in [-0.4, -0.2) is 34.4 Å². The van der Waals surface area contributed by atoms with E-state index in [-0.39, 0.29) is 22.6 Å². The molecule has 0 radical (unpaired) electrons. The van der Waals surface area contributed by atoms with Crippen molar-refractivity contribution in [2.45, 2.75) is 31.8 Å². The van der Waals surface area contributed by atoms with Crippen LogP contribution in [0.2, 0.25) is 5.02 Å². The minimum absolute atomic E-state index is 0.118. The molecule has 0 aromatic heterocycles. The van der Waals surface area contributed by atoms with E-state index in [1.165, 1.54) is 5.56 Å². The van der Waals surface area contributed by atoms with Crippen LogP contribution in [0, 0.1) is 0 Å². The van der Waals surface area contributed by atoms with Crippen LogP contribution in [0.3, 0.4) is 0 Å². The number of hydrogen-bond donors (Lipinski definition) is 1. The Hall–Kier alpha value is -2.70. The first-order valence-corrected chi connectivity index (χ1v) is 10.8. The number of benzene rings is 2. The summed E-state index contributed by atoms with van der Waals surface area (Å²) >= 11 is 11.5. The van der Waals surface area contributed by atoms with E-state index in [0.29, 0.717) is 0 Å². The summed E-state index contributed by atoms with van der Waals surface area (Å²) in [5.74, 6) is -0.727. The average Bonchev–Trinajstić information content (AvgIpc) is 3.47. The van der Waals surface area contributed by atoms with Crippen LogP contribution < -0.4 is 10.2 Å². The molecule has 0 spiro atoms. The van der Waals surface area contributed by atoms with E-state index >= 15 is 0 Å². The molecule has 2 amide bonds. The molecular formula is C23H20ClN3O2S. The van der Waals surface area contributed by atoms with Gasteiger partial charge in [-0.25, -0.2) is 0 Å². The normalized spacial score (nSPS) is 20.0. The Kier molecular flexibility index (Phi) is 4.83. The zero-order valence-electron chi connectivity index (χ0n) is 16.2. The fourth-order valence-electron chi connectivity index (χ4n) is 4.08. The van der Waals surface area contributed by atoms with Crippen LogP contribution in [0.15, 0.2) is 48.0 Å². The summed E-state index contributed by atoms with van der Waals surface area (Å²) in [7, 11) is 0. The molecule has 0 bridgehead atoms. The second-order valence-corrected chi connectivity index (χ2v) is 8.67. The Morgan fingerprint density at radius 3 is 2.73 bits per heavy atom. The number of thiocarbonyl (C=S) groups is 1. The Labute approximate surface area is 185 Å². The third-order valence-electron chi connectivity index (χ3n) is 5.77. The fraction of sp³-hybridized carbons (Fsp3) is 0.261. The van der Waals surface area contributed by atoms with E-state index in [1.807, 2.05) is 30.3 Å². The number of fused-ring (bicyclic) bond motifs is 1. The molecule has 2 aromatic carbocycles. The van der Waals surface area contributed by atoms with Gasteiger partial charge >= 0.3 is 0 Å². The SMILES string of the molecule is O=C1NC(=S)N(C2CC2)C(=O)/C1=C/c1ccc2c(c1)CCN2Cc1ccccc1Cl. The van der Waals surface area contributed by atoms with E-state index in [4.69, 9.17) is 23.8 Å². The van der Waals surface area contributed by atoms with Gasteiger partial charge in [-0.2, -0.15) is 0 Å². The number of carbonyl (C=O) groups excluding carboxylic acids is 2. The fourth-order valence-corrected chi connectivity index (χ4v) is 4.60. The molecule has 5 nitrogen and oxygen atoms in total. The van der Waals surface area contributed by atoms with Crippen molar-refractivity contribution in [2.24, 2.45) is 0 Å². The van der Waals surface area contributed by atoms with Gasteiger partial charge in [0.2, 0.25) is 0 Å². The van der Waals surface area contributed by atoms with Gasteiger partial charge in [-0.3, -0.25) is 19.8 Å². The van der Waals surface area contributed by atoms with E-state index < -0.39 is 5.91 Å². The van der Waals surface area contributed by atoms with Gasteiger partial charge in [-0.1, -0.05) is 35.9 Å². The molecule has 1 aliphatic carbocycles. The largest absolute Gasteiger partial charge is 0.367 e. The lowest BCUT2D eigenvalue weighted by Crippen LogP contribution is -2.54. The number of amides is 2. The molecule has 0 unspecified atom stereocenters. The number of halogens is 1. The predicted octanol–water partition coefficient (Wildman–Crippen LogP) is 3.69. The van der Waals surface area contributed by atoms with Crippen LogP contribution in [-0.2, 0) is 22.6 Å². The van der Waals surface area contributed by atoms with Crippen molar-refractivity contribution in [3.05, 3.63) is 69.8 Å². The van der Waals surface area contributed by atoms with Crippen molar-refractivity contribution in [1.82, 2.24) is 10.2 Å². The molecule has 2 heterocycles. The molecule has 152 valence electrons. The molecule has 5 rings (SSSR count). The molecule has 2 aromatic rings. The first-order valence-electron chi connectivity index (χ1n) is 10.0. The molecule has 7 heteroatoms. The smallest absolute Gasteiger partial charge is 0.265 e. The van der Waals surface area contributed by atoms with Gasteiger partial charge in [0.1, 0.15) is 5.57 Å². The summed E-state index contributed by atoms with van der Waals surface area (Å²) < 4.78 is 0. The van der Waals surface area contributed by atoms with E-state index in [2.05, 4.69) is 22.3 Å². The lowest BCUT2D eigenvalue weighted by atomic mass is 10.0. The number of nitrogens with zero attached hydrogens (tertiary/aromatic N) is 2. The summed E-state index contributed by atoms with van der Waals surface area (Å²) in [4.78, 5) is 29.1. The molecule has 1 N–H and O–H groups in total. The van der Waals surface area contributed by atoms with Gasteiger partial charge in [0.25, 0.3) is 11.8 Å². The summed E-state index contributed by atoms with van der Waals surface area (Å²) in [6, 6.07) is 14.1. The third-order valence-corrected chi connectivity index (χ3v) is 6.44. The van der Waals surface area contributed by atoms with Crippen molar-refractivity contribution in [1.29, 1.82) is 0 Å². The highest BCUT2D eigenvalue weighted by atomic mass is 35.5. The maximum absolute atomic E-state index is 12.8. The summed E-state index contributed by atoms with van der Waals surface area (Å²) in [6.07, 6.45) is 4.44. The van der Waals surface area contributed by atoms with E-state index in [1.54, 1.807) is 11.0 Å². The van der Waals surface area contributed by atoms with Crippen molar-refractivity contribution < 1.29 is 9.59 Å². The zero-order valence-corrected chi connectivity index (χ0v) is 17.8. The topological polar surface area (TPSA) is 52.7 Å². The molecule has 1 saturated heterocycles. The molecule has 30 heavy (non-hydrogen) atoms. The molecular weight excluding hydrogens is 418 g/mol. The Morgan fingerprint density at radius 1 is 1.17 bits per heavy atom. The number of rotatable bonds is 4. The third kappa shape index (κ3) is 3.50. The van der Waals surface area contributed by atoms with Crippen molar-refractivity contribution in [2.75, 3.05) is 11.4 Å². The van der Waals surface area contributed by atoms with Gasteiger partial charge in [-0.15, -0.1) is 0 Å².